The molecule has 1 aromatic carbocycles. The van der Waals surface area contributed by atoms with Gasteiger partial charge in [0.25, 0.3) is 0 Å². The van der Waals surface area contributed by atoms with Crippen LogP contribution in [0.5, 0.6) is 0 Å². The Kier molecular flexibility index (Phi) is 6.12. The Labute approximate surface area is 156 Å². The van der Waals surface area contributed by atoms with Crippen LogP contribution < -0.4 is 5.32 Å². The lowest BCUT2D eigenvalue weighted by atomic mass is 9.86. The van der Waals surface area contributed by atoms with Crippen LogP contribution in [0.1, 0.15) is 62.5 Å². The fourth-order valence-electron chi connectivity index (χ4n) is 3.79. The van der Waals surface area contributed by atoms with Crippen LogP contribution in [0.3, 0.4) is 0 Å². The number of carbonyl (C=O) groups excluding carboxylic acids is 1. The van der Waals surface area contributed by atoms with Crippen LogP contribution in [-0.4, -0.2) is 16.9 Å². The smallest absolute Gasteiger partial charge is 0.226 e. The molecule has 4 nitrogen and oxygen atoms in total. The molecule has 2 unspecified atom stereocenters. The normalized spacial score (nSPS) is 20.1. The zero-order valence-electron chi connectivity index (χ0n) is 16.2. The van der Waals surface area contributed by atoms with E-state index in [2.05, 4.69) is 36.3 Å². The quantitative estimate of drug-likeness (QED) is 0.796. The molecule has 0 radical (unpaired) electrons. The molecule has 2 atom stereocenters. The predicted molar refractivity (Wildman–Crippen MR) is 104 cm³/mol. The van der Waals surface area contributed by atoms with Crippen molar-refractivity contribution in [3.8, 4) is 11.5 Å². The van der Waals surface area contributed by atoms with Gasteiger partial charge in [0, 0.05) is 18.0 Å². The van der Waals surface area contributed by atoms with Gasteiger partial charge in [0.1, 0.15) is 5.76 Å². The van der Waals surface area contributed by atoms with Gasteiger partial charge >= 0.3 is 0 Å². The molecule has 1 aromatic heterocycles. The Morgan fingerprint density at radius 1 is 1.27 bits per heavy atom. The van der Waals surface area contributed by atoms with Crippen molar-refractivity contribution in [2.45, 2.75) is 71.8 Å². The first-order valence-corrected chi connectivity index (χ1v) is 9.85. The minimum absolute atomic E-state index is 0.170. The van der Waals surface area contributed by atoms with E-state index in [4.69, 9.17) is 4.42 Å². The number of amides is 1. The molecule has 26 heavy (non-hydrogen) atoms. The summed E-state index contributed by atoms with van der Waals surface area (Å²) in [5, 5.41) is 3.22. The van der Waals surface area contributed by atoms with Crippen LogP contribution >= 0.6 is 0 Å². The summed E-state index contributed by atoms with van der Waals surface area (Å²) >= 11 is 0. The third-order valence-electron chi connectivity index (χ3n) is 5.43. The van der Waals surface area contributed by atoms with Crippen molar-refractivity contribution in [3.05, 3.63) is 41.3 Å². The number of oxazole rings is 1. The van der Waals surface area contributed by atoms with Crippen molar-refractivity contribution in [1.29, 1.82) is 0 Å². The topological polar surface area (TPSA) is 55.1 Å². The summed E-state index contributed by atoms with van der Waals surface area (Å²) in [6, 6.07) is 8.53. The third kappa shape index (κ3) is 4.75. The van der Waals surface area contributed by atoms with Gasteiger partial charge in [-0.2, -0.15) is 0 Å². The molecular formula is C22H30N2O2. The van der Waals surface area contributed by atoms with Crippen molar-refractivity contribution in [2.75, 3.05) is 0 Å². The van der Waals surface area contributed by atoms with Gasteiger partial charge in [0.15, 0.2) is 0 Å². The Hall–Kier alpha value is -2.10. The second-order valence-electron chi connectivity index (χ2n) is 7.68. The molecule has 1 heterocycles. The number of nitrogens with zero attached hydrogens (tertiary/aromatic N) is 1. The molecule has 2 aromatic rings. The molecule has 0 saturated heterocycles. The lowest BCUT2D eigenvalue weighted by molar-refractivity contribution is -0.122. The molecule has 1 amide bonds. The second kappa shape index (κ2) is 8.52. The molecule has 4 heteroatoms. The molecule has 1 aliphatic carbocycles. The zero-order chi connectivity index (χ0) is 18.5. The van der Waals surface area contributed by atoms with Crippen LogP contribution in [0.25, 0.3) is 11.5 Å². The Morgan fingerprint density at radius 3 is 2.85 bits per heavy atom. The second-order valence-corrected chi connectivity index (χ2v) is 7.68. The van der Waals surface area contributed by atoms with Gasteiger partial charge in [0.2, 0.25) is 11.8 Å². The first-order valence-electron chi connectivity index (χ1n) is 9.85. The summed E-state index contributed by atoms with van der Waals surface area (Å²) in [7, 11) is 0. The average molecular weight is 354 g/mol. The Bertz CT molecular complexity index is 750. The number of benzene rings is 1. The van der Waals surface area contributed by atoms with Gasteiger partial charge in [-0.15, -0.1) is 0 Å². The summed E-state index contributed by atoms with van der Waals surface area (Å²) in [6.07, 6.45) is 7.00. The van der Waals surface area contributed by atoms with E-state index >= 15 is 0 Å². The fourth-order valence-corrected chi connectivity index (χ4v) is 3.79. The first kappa shape index (κ1) is 18.7. The van der Waals surface area contributed by atoms with Gasteiger partial charge in [0.05, 0.1) is 5.69 Å². The summed E-state index contributed by atoms with van der Waals surface area (Å²) in [5.74, 6) is 2.29. The minimum Gasteiger partial charge on any atom is -0.441 e. The number of hydrogen-bond donors (Lipinski definition) is 1. The van der Waals surface area contributed by atoms with Crippen molar-refractivity contribution >= 4 is 5.91 Å². The third-order valence-corrected chi connectivity index (χ3v) is 5.43. The van der Waals surface area contributed by atoms with Crippen molar-refractivity contribution in [1.82, 2.24) is 10.3 Å². The first-order chi connectivity index (χ1) is 12.5. The van der Waals surface area contributed by atoms with E-state index < -0.39 is 0 Å². The number of carbonyl (C=O) groups is 1. The highest BCUT2D eigenvalue weighted by Crippen LogP contribution is 2.25. The fraction of sp³-hybridized carbons (Fsp3) is 0.545. The van der Waals surface area contributed by atoms with E-state index in [1.165, 1.54) is 24.8 Å². The van der Waals surface area contributed by atoms with Gasteiger partial charge in [-0.05, 0) is 57.6 Å². The zero-order valence-corrected chi connectivity index (χ0v) is 16.2. The molecule has 1 aliphatic rings. The van der Waals surface area contributed by atoms with E-state index in [-0.39, 0.29) is 5.91 Å². The van der Waals surface area contributed by atoms with E-state index in [1.807, 2.05) is 19.1 Å². The van der Waals surface area contributed by atoms with Crippen LogP contribution in [0.15, 0.2) is 28.7 Å². The summed E-state index contributed by atoms with van der Waals surface area (Å²) in [6.45, 7) is 6.26. The van der Waals surface area contributed by atoms with E-state index in [1.54, 1.807) is 0 Å². The Balaban J connectivity index is 1.51. The largest absolute Gasteiger partial charge is 0.441 e. The monoisotopic (exact) mass is 354 g/mol. The molecule has 140 valence electrons. The lowest BCUT2D eigenvalue weighted by Crippen LogP contribution is -2.40. The maximum absolute atomic E-state index is 12.2. The number of hydrogen-bond acceptors (Lipinski definition) is 3. The van der Waals surface area contributed by atoms with Gasteiger partial charge < -0.3 is 9.73 Å². The molecule has 0 aliphatic heterocycles. The molecule has 1 saturated carbocycles. The van der Waals surface area contributed by atoms with Gasteiger partial charge in [-0.1, -0.05) is 37.5 Å². The molecule has 0 bridgehead atoms. The van der Waals surface area contributed by atoms with Gasteiger partial charge in [-0.3, -0.25) is 4.79 Å². The summed E-state index contributed by atoms with van der Waals surface area (Å²) in [4.78, 5) is 16.9. The van der Waals surface area contributed by atoms with Crippen LogP contribution in [-0.2, 0) is 11.2 Å². The van der Waals surface area contributed by atoms with Crippen LogP contribution in [0, 0.1) is 19.8 Å². The standard InChI is InChI=1S/C22H30N2O2/c1-15-8-6-10-18(14-15)22-24-20(17(3)26-22)12-7-13-21(25)23-19-11-5-4-9-16(19)2/h6,8,10,14,16,19H,4-5,7,9,11-13H2,1-3H3,(H,23,25). The number of nitrogens with one attached hydrogen (secondary N) is 1. The maximum Gasteiger partial charge on any atom is 0.226 e. The van der Waals surface area contributed by atoms with Crippen LogP contribution in [0.2, 0.25) is 0 Å². The Morgan fingerprint density at radius 2 is 2.08 bits per heavy atom. The highest BCUT2D eigenvalue weighted by Gasteiger charge is 2.22. The molecule has 3 rings (SSSR count). The molecule has 1 N–H and O–H groups in total. The molecule has 0 spiro atoms. The van der Waals surface area contributed by atoms with E-state index in [0.29, 0.717) is 24.3 Å². The van der Waals surface area contributed by atoms with Gasteiger partial charge in [-0.25, -0.2) is 4.98 Å². The summed E-state index contributed by atoms with van der Waals surface area (Å²) in [5.41, 5.74) is 3.15. The highest BCUT2D eigenvalue weighted by molar-refractivity contribution is 5.76. The average Bonchev–Trinajstić information content (AvgIpc) is 2.98. The maximum atomic E-state index is 12.2. The van der Waals surface area contributed by atoms with E-state index in [9.17, 15) is 4.79 Å². The number of aromatic nitrogens is 1. The lowest BCUT2D eigenvalue weighted by Gasteiger charge is -2.29. The minimum atomic E-state index is 0.170. The number of aryl methyl sites for hydroxylation is 3. The van der Waals surface area contributed by atoms with Crippen molar-refractivity contribution < 1.29 is 9.21 Å². The molecule has 1 fully saturated rings. The van der Waals surface area contributed by atoms with E-state index in [0.717, 1.165) is 36.3 Å². The SMILES string of the molecule is Cc1cccc(-c2nc(CCCC(=O)NC3CCCCC3C)c(C)o2)c1. The van der Waals surface area contributed by atoms with Crippen molar-refractivity contribution in [2.24, 2.45) is 5.92 Å². The molecular weight excluding hydrogens is 324 g/mol. The van der Waals surface area contributed by atoms with Crippen molar-refractivity contribution in [3.63, 3.8) is 0 Å². The van der Waals surface area contributed by atoms with Crippen LogP contribution in [0.4, 0.5) is 0 Å². The highest BCUT2D eigenvalue weighted by atomic mass is 16.4. The predicted octanol–water partition coefficient (Wildman–Crippen LogP) is 4.98. The number of rotatable bonds is 6. The summed E-state index contributed by atoms with van der Waals surface area (Å²) < 4.78 is 5.84.